The molecule has 0 radical (unpaired) electrons. The minimum Gasteiger partial charge on any atom is -0.297 e. The summed E-state index contributed by atoms with van der Waals surface area (Å²) >= 11 is 3.10. The van der Waals surface area contributed by atoms with Gasteiger partial charge in [-0.3, -0.25) is 4.79 Å². The van der Waals surface area contributed by atoms with Crippen LogP contribution < -0.4 is 0 Å². The molecule has 0 aliphatic rings. The summed E-state index contributed by atoms with van der Waals surface area (Å²) in [7, 11) is 0. The SMILES string of the molecule is CCCC/C=C(/Br)C=O. The lowest BCUT2D eigenvalue weighted by Gasteiger charge is -1.87. The van der Waals surface area contributed by atoms with E-state index in [0.717, 1.165) is 19.1 Å². The van der Waals surface area contributed by atoms with Gasteiger partial charge < -0.3 is 0 Å². The smallest absolute Gasteiger partial charge is 0.156 e. The van der Waals surface area contributed by atoms with Crippen LogP contribution in [-0.2, 0) is 4.79 Å². The molecule has 0 spiro atoms. The first-order valence-electron chi connectivity index (χ1n) is 3.12. The lowest BCUT2D eigenvalue weighted by atomic mass is 10.2. The molecular weight excluding hydrogens is 180 g/mol. The monoisotopic (exact) mass is 190 g/mol. The van der Waals surface area contributed by atoms with Gasteiger partial charge in [0.2, 0.25) is 0 Å². The third-order valence-corrected chi connectivity index (χ3v) is 1.52. The summed E-state index contributed by atoms with van der Waals surface area (Å²) in [4.78, 5) is 9.98. The molecule has 0 fully saturated rings. The van der Waals surface area contributed by atoms with Gasteiger partial charge in [-0.25, -0.2) is 0 Å². The van der Waals surface area contributed by atoms with Crippen molar-refractivity contribution in [2.24, 2.45) is 0 Å². The molecule has 0 saturated carbocycles. The van der Waals surface area contributed by atoms with E-state index in [0.29, 0.717) is 4.48 Å². The molecule has 2 heteroatoms. The summed E-state index contributed by atoms with van der Waals surface area (Å²) in [6.45, 7) is 2.13. The summed E-state index contributed by atoms with van der Waals surface area (Å²) in [5.41, 5.74) is 0. The van der Waals surface area contributed by atoms with Gasteiger partial charge in [-0.05, 0) is 22.4 Å². The average Bonchev–Trinajstić information content (AvgIpc) is 1.89. The number of carbonyl (C=O) groups excluding carboxylic acids is 1. The Morgan fingerprint density at radius 1 is 1.67 bits per heavy atom. The highest BCUT2D eigenvalue weighted by atomic mass is 79.9. The first-order chi connectivity index (χ1) is 4.31. The zero-order valence-electron chi connectivity index (χ0n) is 5.56. The van der Waals surface area contributed by atoms with Crippen LogP contribution in [0.3, 0.4) is 0 Å². The van der Waals surface area contributed by atoms with Gasteiger partial charge in [-0.15, -0.1) is 0 Å². The van der Waals surface area contributed by atoms with Crippen LogP contribution in [0.5, 0.6) is 0 Å². The highest BCUT2D eigenvalue weighted by molar-refractivity contribution is 9.12. The molecule has 0 aromatic rings. The van der Waals surface area contributed by atoms with E-state index in [4.69, 9.17) is 0 Å². The van der Waals surface area contributed by atoms with Crippen molar-refractivity contribution in [1.82, 2.24) is 0 Å². The third-order valence-electron chi connectivity index (χ3n) is 1.01. The molecule has 0 amide bonds. The number of rotatable bonds is 4. The zero-order valence-corrected chi connectivity index (χ0v) is 7.15. The van der Waals surface area contributed by atoms with Gasteiger partial charge in [0, 0.05) is 0 Å². The van der Waals surface area contributed by atoms with E-state index in [9.17, 15) is 4.79 Å². The van der Waals surface area contributed by atoms with E-state index in [2.05, 4.69) is 22.9 Å². The molecule has 0 atom stereocenters. The fourth-order valence-electron chi connectivity index (χ4n) is 0.492. The summed E-state index contributed by atoms with van der Waals surface area (Å²) in [5, 5.41) is 0. The van der Waals surface area contributed by atoms with Crippen molar-refractivity contribution in [3.05, 3.63) is 10.6 Å². The second kappa shape index (κ2) is 6.02. The number of allylic oxidation sites excluding steroid dienone is 2. The average molecular weight is 191 g/mol. The molecule has 9 heavy (non-hydrogen) atoms. The van der Waals surface area contributed by atoms with Crippen LogP contribution >= 0.6 is 15.9 Å². The Bertz CT molecular complexity index is 107. The number of aldehydes is 1. The first-order valence-corrected chi connectivity index (χ1v) is 3.91. The molecule has 0 unspecified atom stereocenters. The van der Waals surface area contributed by atoms with Crippen molar-refractivity contribution in [1.29, 1.82) is 0 Å². The largest absolute Gasteiger partial charge is 0.297 e. The molecule has 0 saturated heterocycles. The van der Waals surface area contributed by atoms with Crippen LogP contribution in [0.15, 0.2) is 10.6 Å². The lowest BCUT2D eigenvalue weighted by molar-refractivity contribution is -0.104. The Hall–Kier alpha value is -0.110. The van der Waals surface area contributed by atoms with Gasteiger partial charge in [-0.1, -0.05) is 25.8 Å². The van der Waals surface area contributed by atoms with Crippen LogP contribution in [0.4, 0.5) is 0 Å². The van der Waals surface area contributed by atoms with E-state index in [1.165, 1.54) is 6.42 Å². The summed E-state index contributed by atoms with van der Waals surface area (Å²) in [6, 6.07) is 0. The fraction of sp³-hybridized carbons (Fsp3) is 0.571. The Kier molecular flexibility index (Phi) is 5.94. The predicted octanol–water partition coefficient (Wildman–Crippen LogP) is 2.65. The van der Waals surface area contributed by atoms with Gasteiger partial charge >= 0.3 is 0 Å². The molecule has 0 bridgehead atoms. The summed E-state index contributed by atoms with van der Waals surface area (Å²) in [6.07, 6.45) is 6.04. The normalized spacial score (nSPS) is 11.6. The molecule has 1 nitrogen and oxygen atoms in total. The second-order valence-electron chi connectivity index (χ2n) is 1.85. The number of unbranched alkanes of at least 4 members (excludes halogenated alkanes) is 2. The van der Waals surface area contributed by atoms with Gasteiger partial charge in [0.25, 0.3) is 0 Å². The van der Waals surface area contributed by atoms with Crippen LogP contribution in [0.25, 0.3) is 0 Å². The summed E-state index contributed by atoms with van der Waals surface area (Å²) in [5.74, 6) is 0. The van der Waals surface area contributed by atoms with Crippen molar-refractivity contribution >= 4 is 22.2 Å². The molecule has 0 aromatic carbocycles. The number of halogens is 1. The number of hydrogen-bond acceptors (Lipinski definition) is 1. The quantitative estimate of drug-likeness (QED) is 0.379. The van der Waals surface area contributed by atoms with Crippen molar-refractivity contribution in [3.8, 4) is 0 Å². The molecule has 0 N–H and O–H groups in total. The van der Waals surface area contributed by atoms with Crippen LogP contribution in [-0.4, -0.2) is 6.29 Å². The Balaban J connectivity index is 3.31. The van der Waals surface area contributed by atoms with Crippen molar-refractivity contribution in [2.75, 3.05) is 0 Å². The highest BCUT2D eigenvalue weighted by Gasteiger charge is 1.84. The minimum atomic E-state index is 0.663. The third kappa shape index (κ3) is 5.77. The maximum absolute atomic E-state index is 9.98. The second-order valence-corrected chi connectivity index (χ2v) is 2.76. The van der Waals surface area contributed by atoms with E-state index in [1.54, 1.807) is 0 Å². The molecular formula is C7H11BrO. The molecule has 0 rings (SSSR count). The van der Waals surface area contributed by atoms with Gasteiger partial charge in [0.1, 0.15) is 0 Å². The van der Waals surface area contributed by atoms with Gasteiger partial charge in [0.15, 0.2) is 6.29 Å². The van der Waals surface area contributed by atoms with Crippen molar-refractivity contribution in [3.63, 3.8) is 0 Å². The number of carbonyl (C=O) groups is 1. The minimum absolute atomic E-state index is 0.663. The molecule has 0 aliphatic carbocycles. The maximum Gasteiger partial charge on any atom is 0.156 e. The topological polar surface area (TPSA) is 17.1 Å². The van der Waals surface area contributed by atoms with E-state index < -0.39 is 0 Å². The highest BCUT2D eigenvalue weighted by Crippen LogP contribution is 2.04. The number of hydrogen-bond donors (Lipinski definition) is 0. The Labute approximate surface area is 64.3 Å². The van der Waals surface area contributed by atoms with Gasteiger partial charge in [0.05, 0.1) is 4.48 Å². The van der Waals surface area contributed by atoms with Crippen LogP contribution in [0, 0.1) is 0 Å². The van der Waals surface area contributed by atoms with Crippen molar-refractivity contribution < 1.29 is 4.79 Å². The van der Waals surface area contributed by atoms with Crippen LogP contribution in [0.2, 0.25) is 0 Å². The summed E-state index contributed by atoms with van der Waals surface area (Å²) < 4.78 is 0.663. The zero-order chi connectivity index (χ0) is 7.11. The lowest BCUT2D eigenvalue weighted by Crippen LogP contribution is -1.72. The standard InChI is InChI=1S/C7H11BrO/c1-2-3-4-5-7(8)6-9/h5-6H,2-4H2,1H3/b7-5+. The van der Waals surface area contributed by atoms with Crippen molar-refractivity contribution in [2.45, 2.75) is 26.2 Å². The Morgan fingerprint density at radius 3 is 2.78 bits per heavy atom. The fourth-order valence-corrected chi connectivity index (χ4v) is 0.721. The Morgan fingerprint density at radius 2 is 2.33 bits per heavy atom. The maximum atomic E-state index is 9.98. The molecule has 0 aliphatic heterocycles. The molecule has 52 valence electrons. The first kappa shape index (κ1) is 8.89. The molecule has 0 heterocycles. The van der Waals surface area contributed by atoms with Gasteiger partial charge in [-0.2, -0.15) is 0 Å². The molecule has 0 aromatic heterocycles. The predicted molar refractivity (Wildman–Crippen MR) is 42.6 cm³/mol. The van der Waals surface area contributed by atoms with E-state index in [1.807, 2.05) is 6.08 Å². The van der Waals surface area contributed by atoms with Crippen LogP contribution in [0.1, 0.15) is 26.2 Å². The van der Waals surface area contributed by atoms with E-state index >= 15 is 0 Å². The van der Waals surface area contributed by atoms with E-state index in [-0.39, 0.29) is 0 Å².